The standard InChI is InChI=1S/C13H16ClNO/c1-2-3-4-9-15-13(16)10-11-5-7-12(14)8-6-11/h2-3,5-8H,4,9-10H2,1H3,(H,15,16)/b3-2+. The lowest BCUT2D eigenvalue weighted by atomic mass is 10.1. The van der Waals surface area contributed by atoms with E-state index in [-0.39, 0.29) is 5.91 Å². The smallest absolute Gasteiger partial charge is 0.224 e. The van der Waals surface area contributed by atoms with Gasteiger partial charge in [-0.25, -0.2) is 0 Å². The van der Waals surface area contributed by atoms with E-state index in [1.165, 1.54) is 0 Å². The number of carbonyl (C=O) groups excluding carboxylic acids is 1. The highest BCUT2D eigenvalue weighted by molar-refractivity contribution is 6.30. The topological polar surface area (TPSA) is 29.1 Å². The van der Waals surface area contributed by atoms with Gasteiger partial charge < -0.3 is 5.32 Å². The monoisotopic (exact) mass is 237 g/mol. The Balaban J connectivity index is 2.31. The van der Waals surface area contributed by atoms with Crippen LogP contribution < -0.4 is 5.32 Å². The van der Waals surface area contributed by atoms with Gasteiger partial charge in [0.15, 0.2) is 0 Å². The second-order valence-corrected chi connectivity index (χ2v) is 3.95. The fourth-order valence-corrected chi connectivity index (χ4v) is 1.44. The van der Waals surface area contributed by atoms with Gasteiger partial charge in [-0.3, -0.25) is 4.79 Å². The van der Waals surface area contributed by atoms with Crippen molar-refractivity contribution in [1.29, 1.82) is 0 Å². The summed E-state index contributed by atoms with van der Waals surface area (Å²) in [6.45, 7) is 2.66. The molecule has 0 saturated heterocycles. The first-order chi connectivity index (χ1) is 7.72. The number of rotatable bonds is 5. The fraction of sp³-hybridized carbons (Fsp3) is 0.308. The van der Waals surface area contributed by atoms with Gasteiger partial charge in [0.2, 0.25) is 5.91 Å². The van der Waals surface area contributed by atoms with E-state index in [1.54, 1.807) is 12.1 Å². The first kappa shape index (κ1) is 12.8. The van der Waals surface area contributed by atoms with Crippen LogP contribution in [0.3, 0.4) is 0 Å². The predicted molar refractivity (Wildman–Crippen MR) is 67.6 cm³/mol. The van der Waals surface area contributed by atoms with Gasteiger partial charge in [0.25, 0.3) is 0 Å². The molecule has 1 rings (SSSR count). The van der Waals surface area contributed by atoms with Crippen LogP contribution >= 0.6 is 11.6 Å². The van der Waals surface area contributed by atoms with E-state index in [1.807, 2.05) is 31.2 Å². The van der Waals surface area contributed by atoms with Crippen molar-refractivity contribution in [3.05, 3.63) is 47.0 Å². The molecule has 1 aromatic carbocycles. The molecule has 0 aliphatic heterocycles. The van der Waals surface area contributed by atoms with Crippen LogP contribution in [0.5, 0.6) is 0 Å². The molecule has 0 fully saturated rings. The molecule has 1 N–H and O–H groups in total. The van der Waals surface area contributed by atoms with E-state index >= 15 is 0 Å². The zero-order valence-corrected chi connectivity index (χ0v) is 10.1. The molecule has 0 aromatic heterocycles. The van der Waals surface area contributed by atoms with Gasteiger partial charge in [0.1, 0.15) is 0 Å². The van der Waals surface area contributed by atoms with E-state index in [2.05, 4.69) is 5.32 Å². The van der Waals surface area contributed by atoms with Crippen molar-refractivity contribution >= 4 is 17.5 Å². The molecule has 2 nitrogen and oxygen atoms in total. The predicted octanol–water partition coefficient (Wildman–Crippen LogP) is 2.96. The summed E-state index contributed by atoms with van der Waals surface area (Å²) in [5, 5.41) is 3.55. The summed E-state index contributed by atoms with van der Waals surface area (Å²) in [6, 6.07) is 7.33. The van der Waals surface area contributed by atoms with Crippen molar-refractivity contribution in [3.8, 4) is 0 Å². The summed E-state index contributed by atoms with van der Waals surface area (Å²) >= 11 is 5.76. The Kier molecular flexibility index (Phi) is 5.65. The molecule has 0 unspecified atom stereocenters. The Bertz CT molecular complexity index is 357. The Hall–Kier alpha value is -1.28. The van der Waals surface area contributed by atoms with Crippen molar-refractivity contribution in [3.63, 3.8) is 0 Å². The number of carbonyl (C=O) groups is 1. The highest BCUT2D eigenvalue weighted by atomic mass is 35.5. The van der Waals surface area contributed by atoms with Gasteiger partial charge in [-0.15, -0.1) is 0 Å². The summed E-state index contributed by atoms with van der Waals surface area (Å²) in [6.07, 6.45) is 5.30. The third-order valence-electron chi connectivity index (χ3n) is 2.15. The van der Waals surface area contributed by atoms with Gasteiger partial charge in [-0.1, -0.05) is 35.9 Å². The summed E-state index contributed by atoms with van der Waals surface area (Å²) < 4.78 is 0. The molecule has 0 bridgehead atoms. The number of amides is 1. The van der Waals surface area contributed by atoms with Crippen LogP contribution in [0.4, 0.5) is 0 Å². The molecular formula is C13H16ClNO. The van der Waals surface area contributed by atoms with Crippen LogP contribution in [0.1, 0.15) is 18.9 Å². The van der Waals surface area contributed by atoms with Gasteiger partial charge in [-0.05, 0) is 31.0 Å². The number of allylic oxidation sites excluding steroid dienone is 1. The van der Waals surface area contributed by atoms with Crippen molar-refractivity contribution < 1.29 is 4.79 Å². The van der Waals surface area contributed by atoms with E-state index in [9.17, 15) is 4.79 Å². The molecule has 0 radical (unpaired) electrons. The molecular weight excluding hydrogens is 222 g/mol. The number of benzene rings is 1. The van der Waals surface area contributed by atoms with Crippen LogP contribution in [0.15, 0.2) is 36.4 Å². The van der Waals surface area contributed by atoms with Crippen molar-refractivity contribution in [2.75, 3.05) is 6.54 Å². The summed E-state index contributed by atoms with van der Waals surface area (Å²) in [5.74, 6) is 0.0480. The second kappa shape index (κ2) is 7.07. The Morgan fingerprint density at radius 1 is 1.38 bits per heavy atom. The minimum atomic E-state index is 0.0480. The lowest BCUT2D eigenvalue weighted by Crippen LogP contribution is -2.25. The molecule has 3 heteroatoms. The Morgan fingerprint density at radius 3 is 2.69 bits per heavy atom. The van der Waals surface area contributed by atoms with Crippen molar-refractivity contribution in [2.45, 2.75) is 19.8 Å². The first-order valence-electron chi connectivity index (χ1n) is 5.34. The third-order valence-corrected chi connectivity index (χ3v) is 2.40. The van der Waals surface area contributed by atoms with Crippen LogP contribution in [-0.4, -0.2) is 12.5 Å². The summed E-state index contributed by atoms with van der Waals surface area (Å²) in [7, 11) is 0. The molecule has 0 aliphatic carbocycles. The van der Waals surface area contributed by atoms with Crippen molar-refractivity contribution in [2.24, 2.45) is 0 Å². The van der Waals surface area contributed by atoms with Crippen molar-refractivity contribution in [1.82, 2.24) is 5.32 Å². The fourth-order valence-electron chi connectivity index (χ4n) is 1.31. The van der Waals surface area contributed by atoms with Gasteiger partial charge >= 0.3 is 0 Å². The molecule has 1 amide bonds. The average molecular weight is 238 g/mol. The first-order valence-corrected chi connectivity index (χ1v) is 5.72. The molecule has 0 spiro atoms. The van der Waals surface area contributed by atoms with Gasteiger partial charge in [-0.2, -0.15) is 0 Å². The number of hydrogen-bond acceptors (Lipinski definition) is 1. The number of nitrogens with one attached hydrogen (secondary N) is 1. The van der Waals surface area contributed by atoms with Crippen LogP contribution in [0.25, 0.3) is 0 Å². The molecule has 1 aromatic rings. The molecule has 0 atom stereocenters. The second-order valence-electron chi connectivity index (χ2n) is 3.51. The van der Waals surface area contributed by atoms with Crippen LogP contribution in [-0.2, 0) is 11.2 Å². The molecule has 16 heavy (non-hydrogen) atoms. The highest BCUT2D eigenvalue weighted by Gasteiger charge is 2.01. The normalized spacial score (nSPS) is 10.6. The van der Waals surface area contributed by atoms with E-state index in [0.717, 1.165) is 12.0 Å². The summed E-state index contributed by atoms with van der Waals surface area (Å²) in [4.78, 5) is 11.5. The third kappa shape index (κ3) is 4.99. The van der Waals surface area contributed by atoms with Gasteiger partial charge in [0.05, 0.1) is 6.42 Å². The largest absolute Gasteiger partial charge is 0.356 e. The lowest BCUT2D eigenvalue weighted by Gasteiger charge is -2.03. The van der Waals surface area contributed by atoms with Crippen LogP contribution in [0, 0.1) is 0 Å². The minimum absolute atomic E-state index is 0.0480. The Labute approximate surface area is 101 Å². The lowest BCUT2D eigenvalue weighted by molar-refractivity contribution is -0.120. The number of hydrogen-bond donors (Lipinski definition) is 1. The average Bonchev–Trinajstić information content (AvgIpc) is 2.28. The molecule has 0 saturated carbocycles. The molecule has 86 valence electrons. The minimum Gasteiger partial charge on any atom is -0.356 e. The quantitative estimate of drug-likeness (QED) is 0.619. The van der Waals surface area contributed by atoms with E-state index < -0.39 is 0 Å². The zero-order valence-electron chi connectivity index (χ0n) is 9.37. The SMILES string of the molecule is C/C=C/CCNC(=O)Cc1ccc(Cl)cc1. The molecule has 0 aliphatic rings. The molecule has 0 heterocycles. The summed E-state index contributed by atoms with van der Waals surface area (Å²) in [5.41, 5.74) is 0.980. The maximum atomic E-state index is 11.5. The van der Waals surface area contributed by atoms with E-state index in [4.69, 9.17) is 11.6 Å². The number of halogens is 1. The maximum Gasteiger partial charge on any atom is 0.224 e. The zero-order chi connectivity index (χ0) is 11.8. The Morgan fingerprint density at radius 2 is 2.06 bits per heavy atom. The highest BCUT2D eigenvalue weighted by Crippen LogP contribution is 2.09. The van der Waals surface area contributed by atoms with E-state index in [0.29, 0.717) is 18.0 Å². The van der Waals surface area contributed by atoms with Crippen LogP contribution in [0.2, 0.25) is 5.02 Å². The van der Waals surface area contributed by atoms with Gasteiger partial charge in [0, 0.05) is 11.6 Å². The maximum absolute atomic E-state index is 11.5.